The van der Waals surface area contributed by atoms with Crippen LogP contribution >= 0.6 is 0 Å². The van der Waals surface area contributed by atoms with Gasteiger partial charge in [0.2, 0.25) is 0 Å². The van der Waals surface area contributed by atoms with E-state index in [4.69, 9.17) is 0 Å². The second-order valence-corrected chi connectivity index (χ2v) is 5.30. The summed E-state index contributed by atoms with van der Waals surface area (Å²) in [4.78, 5) is 4.62. The lowest BCUT2D eigenvalue weighted by molar-refractivity contribution is 0.481. The second-order valence-electron chi connectivity index (χ2n) is 5.30. The topological polar surface area (TPSA) is 33.1 Å². The number of aromatic hydroxyl groups is 1. The van der Waals surface area contributed by atoms with E-state index in [9.17, 15) is 5.11 Å². The van der Waals surface area contributed by atoms with Crippen LogP contribution in [-0.2, 0) is 12.8 Å². The highest BCUT2D eigenvalue weighted by Gasteiger charge is 2.15. The summed E-state index contributed by atoms with van der Waals surface area (Å²) in [6.45, 7) is 0. The third-order valence-corrected chi connectivity index (χ3v) is 4.20. The molecule has 2 aromatic carbocycles. The predicted octanol–water partition coefficient (Wildman–Crippen LogP) is 3.97. The van der Waals surface area contributed by atoms with E-state index in [2.05, 4.69) is 23.2 Å². The Kier molecular flexibility index (Phi) is 2.25. The van der Waals surface area contributed by atoms with Crippen LogP contribution in [0, 0.1) is 0 Å². The molecule has 0 saturated carbocycles. The van der Waals surface area contributed by atoms with Crippen LogP contribution in [0.4, 0.5) is 0 Å². The van der Waals surface area contributed by atoms with Crippen molar-refractivity contribution in [3.05, 3.63) is 47.7 Å². The number of fused-ring (bicyclic) bond motifs is 5. The first-order valence-corrected chi connectivity index (χ1v) is 6.86. The van der Waals surface area contributed by atoms with Crippen molar-refractivity contribution < 1.29 is 5.11 Å². The maximum Gasteiger partial charge on any atom is 0.124 e. The number of pyridine rings is 1. The fourth-order valence-electron chi connectivity index (χ4n) is 3.23. The summed E-state index contributed by atoms with van der Waals surface area (Å²) in [5, 5.41) is 13.0. The van der Waals surface area contributed by atoms with Crippen LogP contribution < -0.4 is 0 Å². The van der Waals surface area contributed by atoms with Gasteiger partial charge in [0.25, 0.3) is 0 Å². The number of phenolic OH excluding ortho intramolecular Hbond substituents is 1. The number of phenols is 1. The van der Waals surface area contributed by atoms with Crippen molar-refractivity contribution >= 4 is 21.7 Å². The summed E-state index contributed by atoms with van der Waals surface area (Å²) in [5.41, 5.74) is 3.98. The SMILES string of the molecule is Oc1cccc2c1cnc1c3c(ccc12)CCCC3. The minimum atomic E-state index is 0.310. The molecule has 1 N–H and O–H groups in total. The van der Waals surface area contributed by atoms with Crippen LogP contribution in [0.3, 0.4) is 0 Å². The van der Waals surface area contributed by atoms with Gasteiger partial charge in [0.15, 0.2) is 0 Å². The van der Waals surface area contributed by atoms with Crippen LogP contribution in [0.15, 0.2) is 36.5 Å². The van der Waals surface area contributed by atoms with E-state index in [0.29, 0.717) is 5.75 Å². The molecule has 2 nitrogen and oxygen atoms in total. The summed E-state index contributed by atoms with van der Waals surface area (Å²) < 4.78 is 0. The summed E-state index contributed by atoms with van der Waals surface area (Å²) in [5.74, 6) is 0.310. The van der Waals surface area contributed by atoms with Crippen molar-refractivity contribution in [3.8, 4) is 5.75 Å². The number of rotatable bonds is 0. The summed E-state index contributed by atoms with van der Waals surface area (Å²) >= 11 is 0. The largest absolute Gasteiger partial charge is 0.507 e. The van der Waals surface area contributed by atoms with E-state index in [1.165, 1.54) is 30.4 Å². The molecule has 1 aromatic heterocycles. The Labute approximate surface area is 111 Å². The van der Waals surface area contributed by atoms with E-state index in [-0.39, 0.29) is 0 Å². The highest BCUT2D eigenvalue weighted by molar-refractivity contribution is 6.08. The average Bonchev–Trinajstić information content (AvgIpc) is 2.47. The molecule has 0 saturated heterocycles. The molecule has 0 aliphatic heterocycles. The van der Waals surface area contributed by atoms with Crippen molar-refractivity contribution in [2.24, 2.45) is 0 Å². The normalized spacial score (nSPS) is 14.7. The van der Waals surface area contributed by atoms with Gasteiger partial charge in [0.05, 0.1) is 5.52 Å². The second kappa shape index (κ2) is 3.95. The van der Waals surface area contributed by atoms with Gasteiger partial charge in [-0.1, -0.05) is 24.3 Å². The molecule has 0 fully saturated rings. The molecule has 2 heteroatoms. The number of aromatic nitrogens is 1. The third kappa shape index (κ3) is 1.53. The highest BCUT2D eigenvalue weighted by atomic mass is 16.3. The van der Waals surface area contributed by atoms with Crippen LogP contribution in [0.5, 0.6) is 5.75 Å². The van der Waals surface area contributed by atoms with Gasteiger partial charge in [0, 0.05) is 17.0 Å². The fraction of sp³-hybridized carbons (Fsp3) is 0.235. The lowest BCUT2D eigenvalue weighted by Gasteiger charge is -2.18. The number of aryl methyl sites for hydroxylation is 2. The molecular formula is C17H15NO. The van der Waals surface area contributed by atoms with Crippen LogP contribution in [0.25, 0.3) is 21.7 Å². The Morgan fingerprint density at radius 3 is 2.74 bits per heavy atom. The number of hydrogen-bond acceptors (Lipinski definition) is 2. The molecule has 19 heavy (non-hydrogen) atoms. The molecule has 1 aliphatic rings. The molecule has 3 aromatic rings. The summed E-state index contributed by atoms with van der Waals surface area (Å²) in [7, 11) is 0. The highest BCUT2D eigenvalue weighted by Crippen LogP contribution is 2.34. The van der Waals surface area contributed by atoms with Crippen LogP contribution in [-0.4, -0.2) is 10.1 Å². The maximum atomic E-state index is 9.93. The zero-order valence-corrected chi connectivity index (χ0v) is 10.7. The van der Waals surface area contributed by atoms with Gasteiger partial charge in [0.1, 0.15) is 5.75 Å². The third-order valence-electron chi connectivity index (χ3n) is 4.20. The van der Waals surface area contributed by atoms with E-state index in [1.54, 1.807) is 6.07 Å². The van der Waals surface area contributed by atoms with Gasteiger partial charge in [-0.3, -0.25) is 4.98 Å². The zero-order valence-electron chi connectivity index (χ0n) is 10.7. The Bertz CT molecular complexity index is 792. The van der Waals surface area contributed by atoms with Gasteiger partial charge in [-0.05, 0) is 48.3 Å². The van der Waals surface area contributed by atoms with Crippen molar-refractivity contribution in [1.82, 2.24) is 4.98 Å². The molecule has 0 bridgehead atoms. The molecule has 0 atom stereocenters. The molecule has 1 aliphatic carbocycles. The van der Waals surface area contributed by atoms with E-state index < -0.39 is 0 Å². The van der Waals surface area contributed by atoms with Gasteiger partial charge in [-0.15, -0.1) is 0 Å². The first-order valence-electron chi connectivity index (χ1n) is 6.86. The summed E-state index contributed by atoms with van der Waals surface area (Å²) in [6.07, 6.45) is 6.65. The van der Waals surface area contributed by atoms with Gasteiger partial charge in [-0.25, -0.2) is 0 Å². The molecule has 0 radical (unpaired) electrons. The standard InChI is InChI=1S/C17H15NO/c19-16-7-3-6-13-14-9-8-11-4-1-2-5-12(11)17(14)18-10-15(13)16/h3,6-10,19H,1-2,4-5H2. The van der Waals surface area contributed by atoms with Crippen LogP contribution in [0.2, 0.25) is 0 Å². The molecule has 4 rings (SSSR count). The van der Waals surface area contributed by atoms with E-state index in [0.717, 1.165) is 28.1 Å². The van der Waals surface area contributed by atoms with Crippen molar-refractivity contribution in [2.75, 3.05) is 0 Å². The Hall–Kier alpha value is -2.09. The first-order chi connectivity index (χ1) is 9.34. The average molecular weight is 249 g/mol. The van der Waals surface area contributed by atoms with Crippen LogP contribution in [0.1, 0.15) is 24.0 Å². The zero-order chi connectivity index (χ0) is 12.8. The van der Waals surface area contributed by atoms with Crippen molar-refractivity contribution in [2.45, 2.75) is 25.7 Å². The predicted molar refractivity (Wildman–Crippen MR) is 77.6 cm³/mol. The summed E-state index contributed by atoms with van der Waals surface area (Å²) in [6, 6.07) is 10.1. The fourth-order valence-corrected chi connectivity index (χ4v) is 3.23. The lowest BCUT2D eigenvalue weighted by atomic mass is 9.89. The quantitative estimate of drug-likeness (QED) is 0.611. The van der Waals surface area contributed by atoms with E-state index >= 15 is 0 Å². The first kappa shape index (κ1) is 10.8. The molecule has 0 spiro atoms. The smallest absolute Gasteiger partial charge is 0.124 e. The minimum Gasteiger partial charge on any atom is -0.507 e. The molecular weight excluding hydrogens is 234 g/mol. The molecule has 0 amide bonds. The van der Waals surface area contributed by atoms with Gasteiger partial charge < -0.3 is 5.11 Å². The van der Waals surface area contributed by atoms with Crippen molar-refractivity contribution in [3.63, 3.8) is 0 Å². The Morgan fingerprint density at radius 2 is 1.79 bits per heavy atom. The Morgan fingerprint density at radius 1 is 0.895 bits per heavy atom. The monoisotopic (exact) mass is 249 g/mol. The number of hydrogen-bond donors (Lipinski definition) is 1. The molecule has 0 unspecified atom stereocenters. The lowest BCUT2D eigenvalue weighted by Crippen LogP contribution is -2.04. The number of benzene rings is 2. The van der Waals surface area contributed by atoms with Crippen molar-refractivity contribution in [1.29, 1.82) is 0 Å². The minimum absolute atomic E-state index is 0.310. The van der Waals surface area contributed by atoms with Gasteiger partial charge >= 0.3 is 0 Å². The number of nitrogens with zero attached hydrogens (tertiary/aromatic N) is 1. The molecule has 1 heterocycles. The van der Waals surface area contributed by atoms with Gasteiger partial charge in [-0.2, -0.15) is 0 Å². The molecule has 94 valence electrons. The maximum absolute atomic E-state index is 9.93. The Balaban J connectivity index is 2.15. The van der Waals surface area contributed by atoms with E-state index in [1.807, 2.05) is 12.3 Å².